The third-order valence-corrected chi connectivity index (χ3v) is 6.75. The molecule has 0 spiro atoms. The lowest BCUT2D eigenvalue weighted by Crippen LogP contribution is -2.47. The Morgan fingerprint density at radius 3 is 2.67 bits per heavy atom. The molecule has 1 aliphatic heterocycles. The van der Waals surface area contributed by atoms with E-state index in [-0.39, 0.29) is 42.0 Å². The molecule has 1 atom stereocenters. The van der Waals surface area contributed by atoms with Crippen molar-refractivity contribution in [3.63, 3.8) is 0 Å². The van der Waals surface area contributed by atoms with Gasteiger partial charge in [-0.25, -0.2) is 4.39 Å². The first kappa shape index (κ1) is 19.1. The van der Waals surface area contributed by atoms with Crippen LogP contribution in [-0.2, 0) is 11.2 Å². The molecule has 0 saturated heterocycles. The summed E-state index contributed by atoms with van der Waals surface area (Å²) in [6.45, 7) is 0.587. The molecule has 1 fully saturated rings. The minimum atomic E-state index is -0.304. The molecule has 3 aromatic rings. The lowest BCUT2D eigenvalue weighted by molar-refractivity contribution is -0.134. The molecule has 1 aliphatic carbocycles. The third kappa shape index (κ3) is 3.54. The molecule has 30 heavy (non-hydrogen) atoms. The van der Waals surface area contributed by atoms with E-state index < -0.39 is 0 Å². The van der Waals surface area contributed by atoms with Crippen LogP contribution in [-0.4, -0.2) is 40.7 Å². The van der Waals surface area contributed by atoms with E-state index in [1.807, 2.05) is 16.3 Å². The first-order valence-electron chi connectivity index (χ1n) is 10.1. The number of carbonyl (C=O) groups excluding carboxylic acids is 2. The molecule has 0 bridgehead atoms. The van der Waals surface area contributed by atoms with Gasteiger partial charge in [0.2, 0.25) is 5.91 Å². The Labute approximate surface area is 177 Å². The van der Waals surface area contributed by atoms with E-state index in [2.05, 4.69) is 0 Å². The fraction of sp³-hybridized carbons (Fsp3) is 0.304. The van der Waals surface area contributed by atoms with Gasteiger partial charge in [0.1, 0.15) is 12.4 Å². The van der Waals surface area contributed by atoms with E-state index in [1.165, 1.54) is 23.3 Å². The molecule has 7 heteroatoms. The van der Waals surface area contributed by atoms with Crippen LogP contribution in [0.25, 0.3) is 0 Å². The smallest absolute Gasteiger partial charge is 0.290 e. The molecule has 2 amide bonds. The number of rotatable bonds is 5. The molecular formula is C23H21FN2O3S. The standard InChI is InChI=1S/C23H21FN2O3S/c24-16-5-3-15(4-6-16)22-18-10-13-30-20(18)9-11-25(22)21(27)14-26(17-7-8-17)23(28)19-2-1-12-29-19/h1-6,10,12-13,17,22H,7-9,11,14H2. The number of nitrogens with zero attached hydrogens (tertiary/aromatic N) is 2. The van der Waals surface area contributed by atoms with Crippen molar-refractivity contribution in [3.05, 3.63) is 81.7 Å². The van der Waals surface area contributed by atoms with Gasteiger partial charge >= 0.3 is 0 Å². The van der Waals surface area contributed by atoms with Crippen LogP contribution in [0, 0.1) is 5.82 Å². The minimum absolute atomic E-state index is 0.0152. The monoisotopic (exact) mass is 424 g/mol. The highest BCUT2D eigenvalue weighted by atomic mass is 32.1. The number of amides is 2. The second-order valence-corrected chi connectivity index (χ2v) is 8.73. The Morgan fingerprint density at radius 1 is 1.17 bits per heavy atom. The zero-order chi connectivity index (χ0) is 20.7. The van der Waals surface area contributed by atoms with Crippen LogP contribution in [0.4, 0.5) is 4.39 Å². The SMILES string of the molecule is O=C(c1ccco1)N(CC(=O)N1CCc2sccc2C1c1ccc(F)cc1)C1CC1. The van der Waals surface area contributed by atoms with Crippen molar-refractivity contribution in [1.82, 2.24) is 9.80 Å². The Morgan fingerprint density at radius 2 is 1.97 bits per heavy atom. The maximum atomic E-state index is 13.5. The van der Waals surface area contributed by atoms with Crippen LogP contribution in [0.15, 0.2) is 58.5 Å². The highest BCUT2D eigenvalue weighted by Gasteiger charge is 2.39. The second kappa shape index (κ2) is 7.72. The summed E-state index contributed by atoms with van der Waals surface area (Å²) < 4.78 is 18.8. The molecule has 3 heterocycles. The quantitative estimate of drug-likeness (QED) is 0.615. The van der Waals surface area contributed by atoms with Gasteiger partial charge in [-0.15, -0.1) is 11.3 Å². The summed E-state index contributed by atoms with van der Waals surface area (Å²) in [5.74, 6) is -0.402. The van der Waals surface area contributed by atoms with E-state index in [4.69, 9.17) is 4.42 Å². The average Bonchev–Trinajstić information content (AvgIpc) is 3.24. The summed E-state index contributed by atoms with van der Waals surface area (Å²) in [5.41, 5.74) is 1.96. The van der Waals surface area contributed by atoms with Gasteiger partial charge in [-0.3, -0.25) is 9.59 Å². The summed E-state index contributed by atoms with van der Waals surface area (Å²) in [7, 11) is 0. The lowest BCUT2D eigenvalue weighted by Gasteiger charge is -2.37. The molecule has 154 valence electrons. The van der Waals surface area contributed by atoms with Gasteiger partial charge in [-0.05, 0) is 66.1 Å². The minimum Gasteiger partial charge on any atom is -0.459 e. The molecule has 5 nitrogen and oxygen atoms in total. The highest BCUT2D eigenvalue weighted by Crippen LogP contribution is 2.38. The number of furan rings is 1. The van der Waals surface area contributed by atoms with Crippen LogP contribution < -0.4 is 0 Å². The predicted octanol–water partition coefficient (Wildman–Crippen LogP) is 4.26. The number of hydrogen-bond donors (Lipinski definition) is 0. The van der Waals surface area contributed by atoms with Crippen molar-refractivity contribution < 1.29 is 18.4 Å². The van der Waals surface area contributed by atoms with Gasteiger partial charge in [-0.1, -0.05) is 12.1 Å². The summed E-state index contributed by atoms with van der Waals surface area (Å²) in [4.78, 5) is 31.0. The first-order valence-corrected chi connectivity index (χ1v) is 11.0. The van der Waals surface area contributed by atoms with Crippen LogP contribution >= 0.6 is 11.3 Å². The number of carbonyl (C=O) groups is 2. The van der Waals surface area contributed by atoms with Crippen LogP contribution in [0.1, 0.15) is 45.4 Å². The third-order valence-electron chi connectivity index (χ3n) is 5.76. The van der Waals surface area contributed by atoms with Gasteiger partial charge in [0.05, 0.1) is 12.3 Å². The lowest BCUT2D eigenvalue weighted by atomic mass is 9.93. The Kier molecular flexibility index (Phi) is 4.90. The largest absolute Gasteiger partial charge is 0.459 e. The average molecular weight is 424 g/mol. The zero-order valence-corrected chi connectivity index (χ0v) is 17.1. The van der Waals surface area contributed by atoms with E-state index in [0.29, 0.717) is 6.54 Å². The van der Waals surface area contributed by atoms with E-state index in [0.717, 1.165) is 30.4 Å². The summed E-state index contributed by atoms with van der Waals surface area (Å²) >= 11 is 1.68. The molecule has 1 aromatic carbocycles. The van der Waals surface area contributed by atoms with Crippen molar-refractivity contribution in [1.29, 1.82) is 0 Å². The van der Waals surface area contributed by atoms with Crippen molar-refractivity contribution in [2.45, 2.75) is 31.3 Å². The second-order valence-electron chi connectivity index (χ2n) is 7.73. The van der Waals surface area contributed by atoms with E-state index >= 15 is 0 Å². The van der Waals surface area contributed by atoms with E-state index in [1.54, 1.807) is 40.5 Å². The molecule has 2 aliphatic rings. The van der Waals surface area contributed by atoms with Gasteiger partial charge in [0.15, 0.2) is 5.76 Å². The van der Waals surface area contributed by atoms with Gasteiger partial charge in [0, 0.05) is 17.5 Å². The summed E-state index contributed by atoms with van der Waals surface area (Å²) in [6.07, 6.45) is 4.05. The highest BCUT2D eigenvalue weighted by molar-refractivity contribution is 7.10. The van der Waals surface area contributed by atoms with Crippen molar-refractivity contribution in [3.8, 4) is 0 Å². The van der Waals surface area contributed by atoms with Crippen molar-refractivity contribution in [2.24, 2.45) is 0 Å². The van der Waals surface area contributed by atoms with Crippen LogP contribution in [0.3, 0.4) is 0 Å². The van der Waals surface area contributed by atoms with Gasteiger partial charge < -0.3 is 14.2 Å². The molecule has 1 unspecified atom stereocenters. The fourth-order valence-corrected chi connectivity index (χ4v) is 5.02. The fourth-order valence-electron chi connectivity index (χ4n) is 4.12. The number of fused-ring (bicyclic) bond motifs is 1. The Bertz CT molecular complexity index is 1060. The molecule has 1 saturated carbocycles. The topological polar surface area (TPSA) is 53.8 Å². The summed E-state index contributed by atoms with van der Waals surface area (Å²) in [6, 6.07) is 11.5. The van der Waals surface area contributed by atoms with Crippen molar-refractivity contribution in [2.75, 3.05) is 13.1 Å². The molecular weight excluding hydrogens is 403 g/mol. The molecule has 2 aromatic heterocycles. The van der Waals surface area contributed by atoms with Gasteiger partial charge in [-0.2, -0.15) is 0 Å². The summed E-state index contributed by atoms with van der Waals surface area (Å²) in [5, 5.41) is 2.03. The maximum absolute atomic E-state index is 13.5. The first-order chi connectivity index (χ1) is 14.6. The molecule has 5 rings (SSSR count). The number of thiophene rings is 1. The van der Waals surface area contributed by atoms with Crippen LogP contribution in [0.5, 0.6) is 0 Å². The number of hydrogen-bond acceptors (Lipinski definition) is 4. The molecule has 0 N–H and O–H groups in total. The Balaban J connectivity index is 1.43. The normalized spacial score (nSPS) is 18.2. The number of halogens is 1. The number of benzene rings is 1. The van der Waals surface area contributed by atoms with Crippen LogP contribution in [0.2, 0.25) is 0 Å². The maximum Gasteiger partial charge on any atom is 0.290 e. The predicted molar refractivity (Wildman–Crippen MR) is 111 cm³/mol. The van der Waals surface area contributed by atoms with Gasteiger partial charge in [0.25, 0.3) is 5.91 Å². The zero-order valence-electron chi connectivity index (χ0n) is 16.3. The Hall–Kier alpha value is -2.93. The van der Waals surface area contributed by atoms with E-state index in [9.17, 15) is 14.0 Å². The molecule has 0 radical (unpaired) electrons. The van der Waals surface area contributed by atoms with Crippen molar-refractivity contribution >= 4 is 23.2 Å².